The molecule has 0 fully saturated rings. The molecular weight excluding hydrogens is 160 g/mol. The van der Waals surface area contributed by atoms with Gasteiger partial charge in [0.25, 0.3) is 0 Å². The highest BCUT2D eigenvalue weighted by molar-refractivity contribution is 5.57. The van der Waals surface area contributed by atoms with Gasteiger partial charge in [0.15, 0.2) is 0 Å². The molecule has 13 heavy (non-hydrogen) atoms. The fraction of sp³-hybridized carbons (Fsp3) is 0.455. The smallest absolute Gasteiger partial charge is 0.0628 e. The molecule has 0 spiro atoms. The summed E-state index contributed by atoms with van der Waals surface area (Å²) < 4.78 is 0. The highest BCUT2D eigenvalue weighted by atomic mass is 15.0. The van der Waals surface area contributed by atoms with Crippen LogP contribution in [0.25, 0.3) is 0 Å². The Labute approximate surface area is 80.1 Å². The lowest BCUT2D eigenvalue weighted by molar-refractivity contribution is 1.05. The average molecular weight is 178 g/mol. The van der Waals surface area contributed by atoms with E-state index in [2.05, 4.69) is 37.4 Å². The van der Waals surface area contributed by atoms with Crippen LogP contribution in [0.1, 0.15) is 25.0 Å². The molecule has 0 saturated heterocycles. The summed E-state index contributed by atoms with van der Waals surface area (Å²) in [5, 5.41) is 3.22. The van der Waals surface area contributed by atoms with Crippen LogP contribution in [-0.4, -0.2) is 6.67 Å². The SMILES string of the molecule is CCc1cccc(CC)c1NCN. The molecule has 0 amide bonds. The van der Waals surface area contributed by atoms with Crippen LogP contribution < -0.4 is 11.1 Å². The van der Waals surface area contributed by atoms with E-state index in [4.69, 9.17) is 5.73 Å². The van der Waals surface area contributed by atoms with Gasteiger partial charge in [0.2, 0.25) is 0 Å². The predicted molar refractivity (Wildman–Crippen MR) is 57.9 cm³/mol. The Morgan fingerprint density at radius 3 is 2.08 bits per heavy atom. The minimum Gasteiger partial charge on any atom is -0.372 e. The Morgan fingerprint density at radius 2 is 1.69 bits per heavy atom. The third kappa shape index (κ3) is 2.22. The second-order valence-corrected chi connectivity index (χ2v) is 3.04. The largest absolute Gasteiger partial charge is 0.372 e. The second kappa shape index (κ2) is 4.87. The van der Waals surface area contributed by atoms with Crippen molar-refractivity contribution in [2.45, 2.75) is 26.7 Å². The first-order valence-corrected chi connectivity index (χ1v) is 4.88. The summed E-state index contributed by atoms with van der Waals surface area (Å²) >= 11 is 0. The van der Waals surface area contributed by atoms with Gasteiger partial charge in [0.1, 0.15) is 0 Å². The van der Waals surface area contributed by atoms with Crippen molar-refractivity contribution in [1.82, 2.24) is 0 Å². The zero-order valence-electron chi connectivity index (χ0n) is 8.43. The van der Waals surface area contributed by atoms with E-state index in [0.717, 1.165) is 12.8 Å². The van der Waals surface area contributed by atoms with Crippen molar-refractivity contribution in [1.29, 1.82) is 0 Å². The summed E-state index contributed by atoms with van der Waals surface area (Å²) in [6.45, 7) is 4.83. The molecule has 0 aliphatic rings. The number of nitrogens with two attached hydrogens (primary N) is 1. The number of rotatable bonds is 4. The minimum absolute atomic E-state index is 0.504. The molecule has 0 unspecified atom stereocenters. The van der Waals surface area contributed by atoms with Crippen molar-refractivity contribution in [2.75, 3.05) is 12.0 Å². The van der Waals surface area contributed by atoms with E-state index in [0.29, 0.717) is 6.67 Å². The molecule has 0 heterocycles. The van der Waals surface area contributed by atoms with Crippen LogP contribution in [0.15, 0.2) is 18.2 Å². The number of para-hydroxylation sites is 1. The van der Waals surface area contributed by atoms with Crippen LogP contribution in [0, 0.1) is 0 Å². The Morgan fingerprint density at radius 1 is 1.15 bits per heavy atom. The number of aryl methyl sites for hydroxylation is 2. The third-order valence-electron chi connectivity index (χ3n) is 2.28. The van der Waals surface area contributed by atoms with Gasteiger partial charge in [-0.3, -0.25) is 0 Å². The van der Waals surface area contributed by atoms with Gasteiger partial charge in [-0.25, -0.2) is 0 Å². The number of hydrogen-bond donors (Lipinski definition) is 2. The second-order valence-electron chi connectivity index (χ2n) is 3.04. The van der Waals surface area contributed by atoms with Gasteiger partial charge < -0.3 is 11.1 Å². The summed E-state index contributed by atoms with van der Waals surface area (Å²) in [5.74, 6) is 0. The van der Waals surface area contributed by atoms with E-state index < -0.39 is 0 Å². The van der Waals surface area contributed by atoms with Crippen LogP contribution in [0.4, 0.5) is 5.69 Å². The minimum atomic E-state index is 0.504. The molecule has 2 nitrogen and oxygen atoms in total. The number of nitrogens with one attached hydrogen (secondary N) is 1. The summed E-state index contributed by atoms with van der Waals surface area (Å²) in [7, 11) is 0. The first kappa shape index (κ1) is 10.1. The maximum absolute atomic E-state index is 5.50. The van der Waals surface area contributed by atoms with Crippen molar-refractivity contribution < 1.29 is 0 Å². The highest BCUT2D eigenvalue weighted by Gasteiger charge is 2.03. The van der Waals surface area contributed by atoms with Crippen LogP contribution in [-0.2, 0) is 12.8 Å². The van der Waals surface area contributed by atoms with Crippen molar-refractivity contribution in [3.63, 3.8) is 0 Å². The molecule has 72 valence electrons. The van der Waals surface area contributed by atoms with Gasteiger partial charge in [-0.05, 0) is 24.0 Å². The molecule has 0 aromatic heterocycles. The zero-order chi connectivity index (χ0) is 9.68. The number of hydrogen-bond acceptors (Lipinski definition) is 2. The number of anilines is 1. The lowest BCUT2D eigenvalue weighted by atomic mass is 10.0. The monoisotopic (exact) mass is 178 g/mol. The topological polar surface area (TPSA) is 38.0 Å². The van der Waals surface area contributed by atoms with Gasteiger partial charge in [0, 0.05) is 5.69 Å². The summed E-state index contributed by atoms with van der Waals surface area (Å²) in [5.41, 5.74) is 9.43. The molecule has 1 rings (SSSR count). The zero-order valence-corrected chi connectivity index (χ0v) is 8.43. The van der Waals surface area contributed by atoms with Gasteiger partial charge in [-0.15, -0.1) is 0 Å². The molecule has 0 aliphatic carbocycles. The summed E-state index contributed by atoms with van der Waals surface area (Å²) in [6.07, 6.45) is 2.10. The molecule has 0 saturated carbocycles. The van der Waals surface area contributed by atoms with Gasteiger partial charge >= 0.3 is 0 Å². The lowest BCUT2D eigenvalue weighted by Crippen LogP contribution is -2.13. The van der Waals surface area contributed by atoms with Crippen LogP contribution in [0.3, 0.4) is 0 Å². The Hall–Kier alpha value is -1.02. The Kier molecular flexibility index (Phi) is 3.77. The predicted octanol–water partition coefficient (Wildman–Crippen LogP) is 2.14. The average Bonchev–Trinajstić information content (AvgIpc) is 2.18. The van der Waals surface area contributed by atoms with Crippen molar-refractivity contribution in [3.05, 3.63) is 29.3 Å². The van der Waals surface area contributed by atoms with Gasteiger partial charge in [-0.1, -0.05) is 32.0 Å². The molecule has 0 bridgehead atoms. The lowest BCUT2D eigenvalue weighted by Gasteiger charge is -2.13. The highest BCUT2D eigenvalue weighted by Crippen LogP contribution is 2.21. The van der Waals surface area contributed by atoms with Crippen LogP contribution in [0.2, 0.25) is 0 Å². The third-order valence-corrected chi connectivity index (χ3v) is 2.28. The quantitative estimate of drug-likeness (QED) is 0.693. The van der Waals surface area contributed by atoms with E-state index in [1.54, 1.807) is 0 Å². The van der Waals surface area contributed by atoms with E-state index in [1.165, 1.54) is 16.8 Å². The Bertz CT molecular complexity index is 247. The fourth-order valence-corrected chi connectivity index (χ4v) is 1.57. The van der Waals surface area contributed by atoms with E-state index in [-0.39, 0.29) is 0 Å². The van der Waals surface area contributed by atoms with Crippen LogP contribution in [0.5, 0.6) is 0 Å². The van der Waals surface area contributed by atoms with E-state index in [9.17, 15) is 0 Å². The molecule has 1 aromatic carbocycles. The molecule has 2 heteroatoms. The molecule has 0 atom stereocenters. The maximum Gasteiger partial charge on any atom is 0.0628 e. The maximum atomic E-state index is 5.50. The molecule has 0 aliphatic heterocycles. The Balaban J connectivity index is 3.05. The first-order chi connectivity index (χ1) is 6.33. The van der Waals surface area contributed by atoms with Gasteiger partial charge in [-0.2, -0.15) is 0 Å². The first-order valence-electron chi connectivity index (χ1n) is 4.88. The van der Waals surface area contributed by atoms with Crippen molar-refractivity contribution >= 4 is 5.69 Å². The van der Waals surface area contributed by atoms with Crippen molar-refractivity contribution in [2.24, 2.45) is 5.73 Å². The van der Waals surface area contributed by atoms with Crippen molar-refractivity contribution in [3.8, 4) is 0 Å². The normalized spacial score (nSPS) is 10.1. The summed E-state index contributed by atoms with van der Waals surface area (Å²) in [6, 6.07) is 6.41. The number of benzene rings is 1. The van der Waals surface area contributed by atoms with Crippen LogP contribution >= 0.6 is 0 Å². The fourth-order valence-electron chi connectivity index (χ4n) is 1.57. The molecule has 1 aromatic rings. The molecule has 3 N–H and O–H groups in total. The van der Waals surface area contributed by atoms with E-state index >= 15 is 0 Å². The standard InChI is InChI=1S/C11H18N2/c1-3-9-6-5-7-10(4-2)11(9)13-8-12/h5-7,13H,3-4,8,12H2,1-2H3. The van der Waals surface area contributed by atoms with E-state index in [1.807, 2.05) is 0 Å². The van der Waals surface area contributed by atoms with Gasteiger partial charge in [0.05, 0.1) is 6.67 Å². The summed E-state index contributed by atoms with van der Waals surface area (Å²) in [4.78, 5) is 0. The molecular formula is C11H18N2. The molecule has 0 radical (unpaired) electrons.